The van der Waals surface area contributed by atoms with Gasteiger partial charge in [0.25, 0.3) is 5.56 Å². The number of hydrogen-bond acceptors (Lipinski definition) is 5. The zero-order valence-corrected chi connectivity index (χ0v) is 14.2. The van der Waals surface area contributed by atoms with Crippen LogP contribution in [0.3, 0.4) is 0 Å². The van der Waals surface area contributed by atoms with Gasteiger partial charge in [0.15, 0.2) is 0 Å². The van der Waals surface area contributed by atoms with Crippen molar-refractivity contribution >= 4 is 0 Å². The highest BCUT2D eigenvalue weighted by Crippen LogP contribution is 2.17. The lowest BCUT2D eigenvalue weighted by Gasteiger charge is -2.05. The molecule has 0 atom stereocenters. The minimum atomic E-state index is -0.222. The van der Waals surface area contributed by atoms with Crippen molar-refractivity contribution in [2.24, 2.45) is 0 Å². The zero-order valence-electron chi connectivity index (χ0n) is 14.2. The molecule has 2 heterocycles. The average molecular weight is 344 g/mol. The summed E-state index contributed by atoms with van der Waals surface area (Å²) in [5.41, 5.74) is 3.46. The molecule has 0 bridgehead atoms. The second-order valence-electron chi connectivity index (χ2n) is 5.96. The average Bonchev–Trinajstić information content (AvgIpc) is 3.14. The van der Waals surface area contributed by atoms with Crippen LogP contribution < -0.4 is 5.56 Å². The molecular formula is C20H16N4O2. The van der Waals surface area contributed by atoms with Gasteiger partial charge in [-0.25, -0.2) is 4.68 Å². The van der Waals surface area contributed by atoms with E-state index >= 15 is 0 Å². The van der Waals surface area contributed by atoms with E-state index in [9.17, 15) is 4.79 Å². The van der Waals surface area contributed by atoms with Gasteiger partial charge < -0.3 is 4.52 Å². The largest absolute Gasteiger partial charge is 0.337 e. The fraction of sp³-hybridized carbons (Fsp3) is 0.100. The molecule has 0 aliphatic rings. The summed E-state index contributed by atoms with van der Waals surface area (Å²) in [5, 5.41) is 8.40. The molecule has 26 heavy (non-hydrogen) atoms. The number of nitrogens with zero attached hydrogens (tertiary/aromatic N) is 4. The Labute approximate surface area is 149 Å². The van der Waals surface area contributed by atoms with Crippen LogP contribution in [0.25, 0.3) is 22.6 Å². The van der Waals surface area contributed by atoms with Gasteiger partial charge in [-0.3, -0.25) is 4.79 Å². The lowest BCUT2D eigenvalue weighted by Crippen LogP contribution is -2.23. The molecule has 0 aliphatic carbocycles. The molecule has 0 amide bonds. The molecule has 0 aliphatic heterocycles. The van der Waals surface area contributed by atoms with E-state index in [1.165, 1.54) is 16.3 Å². The van der Waals surface area contributed by atoms with Crippen LogP contribution in [0.2, 0.25) is 0 Å². The molecule has 6 heteroatoms. The molecular weight excluding hydrogens is 328 g/mol. The van der Waals surface area contributed by atoms with E-state index in [1.54, 1.807) is 6.07 Å². The molecule has 4 aromatic rings. The van der Waals surface area contributed by atoms with Crippen molar-refractivity contribution in [3.63, 3.8) is 0 Å². The predicted octanol–water partition coefficient (Wildman–Crippen LogP) is 3.32. The Balaban J connectivity index is 1.62. The Morgan fingerprint density at radius 2 is 1.69 bits per heavy atom. The summed E-state index contributed by atoms with van der Waals surface area (Å²) >= 11 is 0. The van der Waals surface area contributed by atoms with Gasteiger partial charge >= 0.3 is 0 Å². The van der Waals surface area contributed by atoms with Crippen LogP contribution in [0.4, 0.5) is 0 Å². The van der Waals surface area contributed by atoms with Crippen LogP contribution in [0.15, 0.2) is 76.0 Å². The first kappa shape index (κ1) is 16.0. The molecule has 0 radical (unpaired) electrons. The Morgan fingerprint density at radius 1 is 0.923 bits per heavy atom. The lowest BCUT2D eigenvalue weighted by molar-refractivity contribution is 0.363. The fourth-order valence-corrected chi connectivity index (χ4v) is 2.59. The molecule has 2 aromatic carbocycles. The molecule has 0 saturated heterocycles. The Bertz CT molecular complexity index is 1080. The van der Waals surface area contributed by atoms with Crippen LogP contribution >= 0.6 is 0 Å². The highest BCUT2D eigenvalue weighted by Gasteiger charge is 2.11. The topological polar surface area (TPSA) is 73.8 Å². The zero-order chi connectivity index (χ0) is 17.9. The lowest BCUT2D eigenvalue weighted by atomic mass is 10.1. The van der Waals surface area contributed by atoms with Crippen molar-refractivity contribution in [1.82, 2.24) is 19.9 Å². The summed E-state index contributed by atoms with van der Waals surface area (Å²) in [6.45, 7) is 2.15. The van der Waals surface area contributed by atoms with E-state index in [-0.39, 0.29) is 12.1 Å². The smallest absolute Gasteiger partial charge is 0.267 e. The van der Waals surface area contributed by atoms with Crippen molar-refractivity contribution in [2.75, 3.05) is 0 Å². The molecule has 0 fully saturated rings. The van der Waals surface area contributed by atoms with Crippen molar-refractivity contribution in [1.29, 1.82) is 0 Å². The first-order valence-electron chi connectivity index (χ1n) is 8.22. The standard InChI is InChI=1S/C20H16N4O2/c1-14-7-9-15(10-8-14)17-11-12-19(25)24(22-17)13-18-21-20(23-26-18)16-5-3-2-4-6-16/h2-12H,13H2,1H3. The summed E-state index contributed by atoms with van der Waals surface area (Å²) < 4.78 is 6.61. The number of aromatic nitrogens is 4. The number of rotatable bonds is 4. The summed E-state index contributed by atoms with van der Waals surface area (Å²) in [6, 6.07) is 20.7. The van der Waals surface area contributed by atoms with Crippen LogP contribution in [0.1, 0.15) is 11.5 Å². The Kier molecular flexibility index (Phi) is 4.15. The minimum Gasteiger partial charge on any atom is -0.337 e. The van der Waals surface area contributed by atoms with E-state index < -0.39 is 0 Å². The van der Waals surface area contributed by atoms with E-state index in [0.29, 0.717) is 17.4 Å². The number of benzene rings is 2. The maximum Gasteiger partial charge on any atom is 0.267 e. The Morgan fingerprint density at radius 3 is 2.46 bits per heavy atom. The second-order valence-corrected chi connectivity index (χ2v) is 5.96. The van der Waals surface area contributed by atoms with Crippen LogP contribution in [-0.2, 0) is 6.54 Å². The second kappa shape index (κ2) is 6.76. The SMILES string of the molecule is Cc1ccc(-c2ccc(=O)n(Cc3nc(-c4ccccc4)no3)n2)cc1. The molecule has 128 valence electrons. The molecule has 4 rings (SSSR count). The van der Waals surface area contributed by atoms with Gasteiger partial charge in [0.1, 0.15) is 6.54 Å². The fourth-order valence-electron chi connectivity index (χ4n) is 2.59. The van der Waals surface area contributed by atoms with Gasteiger partial charge in [-0.15, -0.1) is 0 Å². The number of aryl methyl sites for hydroxylation is 1. The van der Waals surface area contributed by atoms with Gasteiger partial charge in [0.05, 0.1) is 5.69 Å². The number of hydrogen-bond donors (Lipinski definition) is 0. The summed E-state index contributed by atoms with van der Waals surface area (Å²) in [5.74, 6) is 0.822. The van der Waals surface area contributed by atoms with Crippen LogP contribution in [0, 0.1) is 6.92 Å². The molecule has 0 unspecified atom stereocenters. The first-order chi connectivity index (χ1) is 12.7. The van der Waals surface area contributed by atoms with E-state index in [0.717, 1.165) is 11.1 Å². The van der Waals surface area contributed by atoms with E-state index in [2.05, 4.69) is 15.2 Å². The van der Waals surface area contributed by atoms with E-state index in [1.807, 2.05) is 61.5 Å². The maximum absolute atomic E-state index is 12.1. The predicted molar refractivity (Wildman–Crippen MR) is 97.5 cm³/mol. The van der Waals surface area contributed by atoms with Crippen molar-refractivity contribution in [3.8, 4) is 22.6 Å². The molecule has 6 nitrogen and oxygen atoms in total. The third-order valence-corrected chi connectivity index (χ3v) is 4.00. The normalized spacial score (nSPS) is 10.8. The minimum absolute atomic E-state index is 0.123. The summed E-state index contributed by atoms with van der Waals surface area (Å²) in [4.78, 5) is 16.5. The van der Waals surface area contributed by atoms with Gasteiger partial charge in [0.2, 0.25) is 11.7 Å². The molecule has 2 aromatic heterocycles. The molecule has 0 saturated carbocycles. The van der Waals surface area contributed by atoms with Gasteiger partial charge in [-0.1, -0.05) is 65.3 Å². The van der Waals surface area contributed by atoms with Gasteiger partial charge in [-0.05, 0) is 13.0 Å². The maximum atomic E-state index is 12.1. The van der Waals surface area contributed by atoms with Crippen molar-refractivity contribution in [2.45, 2.75) is 13.5 Å². The van der Waals surface area contributed by atoms with Crippen LogP contribution in [-0.4, -0.2) is 19.9 Å². The third kappa shape index (κ3) is 3.30. The summed E-state index contributed by atoms with van der Waals surface area (Å²) in [7, 11) is 0. The molecule has 0 N–H and O–H groups in total. The van der Waals surface area contributed by atoms with Crippen molar-refractivity contribution < 1.29 is 4.52 Å². The highest BCUT2D eigenvalue weighted by molar-refractivity contribution is 5.58. The highest BCUT2D eigenvalue weighted by atomic mass is 16.5. The van der Waals surface area contributed by atoms with Crippen molar-refractivity contribution in [3.05, 3.63) is 88.5 Å². The first-order valence-corrected chi connectivity index (χ1v) is 8.22. The third-order valence-electron chi connectivity index (χ3n) is 4.00. The Hall–Kier alpha value is -3.54. The van der Waals surface area contributed by atoms with Gasteiger partial charge in [-0.2, -0.15) is 10.1 Å². The monoisotopic (exact) mass is 344 g/mol. The van der Waals surface area contributed by atoms with E-state index in [4.69, 9.17) is 4.52 Å². The van der Waals surface area contributed by atoms with Crippen LogP contribution in [0.5, 0.6) is 0 Å². The van der Waals surface area contributed by atoms with Gasteiger partial charge in [0, 0.05) is 17.2 Å². The summed E-state index contributed by atoms with van der Waals surface area (Å²) in [6.07, 6.45) is 0. The molecule has 0 spiro atoms. The quantitative estimate of drug-likeness (QED) is 0.568.